The lowest BCUT2D eigenvalue weighted by atomic mass is 10.2. The number of H-pyrrole nitrogens is 1. The van der Waals surface area contributed by atoms with Gasteiger partial charge in [0.05, 0.1) is 26.8 Å². The SMILES string of the molecule is O=C(O)c1cc2nc(Nc3c(Cl)cc(F)cc3Cl)[nH]c2cc1OCC(F)(F)F. The van der Waals surface area contributed by atoms with Gasteiger partial charge in [-0.2, -0.15) is 13.2 Å². The summed E-state index contributed by atoms with van der Waals surface area (Å²) >= 11 is 11.9. The molecule has 0 unspecified atom stereocenters. The van der Waals surface area contributed by atoms with E-state index in [0.717, 1.165) is 24.3 Å². The van der Waals surface area contributed by atoms with Crippen molar-refractivity contribution in [1.29, 1.82) is 0 Å². The lowest BCUT2D eigenvalue weighted by Crippen LogP contribution is -2.20. The molecule has 0 radical (unpaired) electrons. The highest BCUT2D eigenvalue weighted by atomic mass is 35.5. The van der Waals surface area contributed by atoms with E-state index in [1.54, 1.807) is 0 Å². The summed E-state index contributed by atoms with van der Waals surface area (Å²) in [7, 11) is 0. The Morgan fingerprint density at radius 2 is 1.86 bits per heavy atom. The number of aromatic nitrogens is 2. The number of hydrogen-bond donors (Lipinski definition) is 3. The molecule has 148 valence electrons. The Labute approximate surface area is 164 Å². The number of aromatic amines is 1. The number of fused-ring (bicyclic) bond motifs is 1. The van der Waals surface area contributed by atoms with Crippen LogP contribution in [0.25, 0.3) is 11.0 Å². The van der Waals surface area contributed by atoms with E-state index in [1.807, 2.05) is 0 Å². The van der Waals surface area contributed by atoms with E-state index in [1.165, 1.54) is 0 Å². The van der Waals surface area contributed by atoms with Gasteiger partial charge in [-0.1, -0.05) is 23.2 Å². The highest BCUT2D eigenvalue weighted by molar-refractivity contribution is 6.39. The molecule has 1 aromatic heterocycles. The summed E-state index contributed by atoms with van der Waals surface area (Å²) in [5, 5.41) is 11.9. The number of carboxylic acid groups (broad SMARTS) is 1. The van der Waals surface area contributed by atoms with Crippen molar-refractivity contribution in [2.45, 2.75) is 6.18 Å². The number of ether oxygens (including phenoxy) is 1. The number of carboxylic acids is 1. The van der Waals surface area contributed by atoms with E-state index in [4.69, 9.17) is 23.2 Å². The summed E-state index contributed by atoms with van der Waals surface area (Å²) in [6, 6.07) is 4.17. The Morgan fingerprint density at radius 1 is 1.21 bits per heavy atom. The number of benzene rings is 2. The third-order valence-electron chi connectivity index (χ3n) is 3.46. The summed E-state index contributed by atoms with van der Waals surface area (Å²) in [4.78, 5) is 18.1. The van der Waals surface area contributed by atoms with Gasteiger partial charge in [-0.3, -0.25) is 0 Å². The molecule has 3 rings (SSSR count). The highest BCUT2D eigenvalue weighted by Crippen LogP contribution is 2.34. The van der Waals surface area contributed by atoms with Gasteiger partial charge in [0.15, 0.2) is 6.61 Å². The highest BCUT2D eigenvalue weighted by Gasteiger charge is 2.29. The van der Waals surface area contributed by atoms with Crippen LogP contribution in [0.2, 0.25) is 10.0 Å². The molecule has 12 heteroatoms. The fourth-order valence-corrected chi connectivity index (χ4v) is 2.88. The molecule has 0 atom stereocenters. The molecule has 6 nitrogen and oxygen atoms in total. The second kappa shape index (κ2) is 7.36. The first-order chi connectivity index (χ1) is 13.0. The summed E-state index contributed by atoms with van der Waals surface area (Å²) in [5.41, 5.74) is -0.0314. The van der Waals surface area contributed by atoms with Crippen molar-refractivity contribution < 1.29 is 32.2 Å². The Kier molecular flexibility index (Phi) is 5.26. The topological polar surface area (TPSA) is 87.2 Å². The Balaban J connectivity index is 1.98. The maximum atomic E-state index is 13.3. The number of nitrogens with zero attached hydrogens (tertiary/aromatic N) is 1. The first-order valence-electron chi connectivity index (χ1n) is 7.41. The van der Waals surface area contributed by atoms with E-state index < -0.39 is 35.9 Å². The molecular weight excluding hydrogens is 429 g/mol. The van der Waals surface area contributed by atoms with Crippen molar-refractivity contribution >= 4 is 51.8 Å². The maximum absolute atomic E-state index is 13.3. The molecule has 0 saturated carbocycles. The van der Waals surface area contributed by atoms with Gasteiger partial charge in [0, 0.05) is 6.07 Å². The minimum atomic E-state index is -4.64. The molecule has 28 heavy (non-hydrogen) atoms. The molecule has 3 N–H and O–H groups in total. The fourth-order valence-electron chi connectivity index (χ4n) is 2.32. The molecule has 1 heterocycles. The molecule has 3 aromatic rings. The summed E-state index contributed by atoms with van der Waals surface area (Å²) in [6.45, 7) is -1.65. The van der Waals surface area contributed by atoms with Crippen molar-refractivity contribution in [3.63, 3.8) is 0 Å². The van der Waals surface area contributed by atoms with Crippen LogP contribution < -0.4 is 10.1 Å². The van der Waals surface area contributed by atoms with Crippen molar-refractivity contribution in [3.8, 4) is 5.75 Å². The number of rotatable bonds is 5. The number of halogens is 6. The van der Waals surface area contributed by atoms with Gasteiger partial charge in [-0.15, -0.1) is 0 Å². The minimum Gasteiger partial charge on any atom is -0.483 e. The molecule has 0 bridgehead atoms. The smallest absolute Gasteiger partial charge is 0.422 e. The standard InChI is InChI=1S/C16H9Cl2F4N3O3/c17-8-1-6(19)2-9(18)13(8)25-15-23-10-3-7(14(26)27)12(4-11(10)24-15)28-5-16(20,21)22/h1-4H,5H2,(H,26,27)(H2,23,24,25). The zero-order valence-corrected chi connectivity index (χ0v) is 15.0. The van der Waals surface area contributed by atoms with Gasteiger partial charge in [-0.05, 0) is 18.2 Å². The third kappa shape index (κ3) is 4.39. The Bertz CT molecular complexity index is 1050. The Hall–Kier alpha value is -2.72. The van der Waals surface area contributed by atoms with E-state index >= 15 is 0 Å². The normalized spacial score (nSPS) is 11.6. The number of aromatic carboxylic acids is 1. The van der Waals surface area contributed by atoms with Crippen LogP contribution in [-0.2, 0) is 0 Å². The predicted octanol–water partition coefficient (Wildman–Crippen LogP) is 5.39. The number of anilines is 2. The van der Waals surface area contributed by atoms with Crippen LogP contribution in [0.15, 0.2) is 24.3 Å². The van der Waals surface area contributed by atoms with E-state index in [9.17, 15) is 27.5 Å². The number of alkyl halides is 3. The second-order valence-electron chi connectivity index (χ2n) is 5.53. The van der Waals surface area contributed by atoms with Gasteiger partial charge in [0.25, 0.3) is 0 Å². The molecule has 0 amide bonds. The van der Waals surface area contributed by atoms with Gasteiger partial charge < -0.3 is 20.1 Å². The zero-order chi connectivity index (χ0) is 20.6. The van der Waals surface area contributed by atoms with Gasteiger partial charge in [0.1, 0.15) is 17.1 Å². The lowest BCUT2D eigenvalue weighted by molar-refractivity contribution is -0.153. The quantitative estimate of drug-likeness (QED) is 0.465. The number of carbonyl (C=O) groups is 1. The van der Waals surface area contributed by atoms with Crippen molar-refractivity contribution in [2.75, 3.05) is 11.9 Å². The van der Waals surface area contributed by atoms with E-state index in [-0.39, 0.29) is 32.7 Å². The fraction of sp³-hybridized carbons (Fsp3) is 0.125. The maximum Gasteiger partial charge on any atom is 0.422 e. The van der Waals surface area contributed by atoms with Crippen LogP contribution in [0.3, 0.4) is 0 Å². The minimum absolute atomic E-state index is 0.0362. The monoisotopic (exact) mass is 437 g/mol. The van der Waals surface area contributed by atoms with E-state index in [0.29, 0.717) is 0 Å². The van der Waals surface area contributed by atoms with Crippen molar-refractivity contribution in [3.05, 3.63) is 45.7 Å². The molecule has 0 aliphatic rings. The summed E-state index contributed by atoms with van der Waals surface area (Å²) in [6.07, 6.45) is -4.64. The van der Waals surface area contributed by atoms with Crippen LogP contribution in [0.4, 0.5) is 29.2 Å². The van der Waals surface area contributed by atoms with Gasteiger partial charge in [0.2, 0.25) is 5.95 Å². The zero-order valence-electron chi connectivity index (χ0n) is 13.5. The van der Waals surface area contributed by atoms with Gasteiger partial charge in [-0.25, -0.2) is 14.2 Å². The molecule has 0 fully saturated rings. The summed E-state index contributed by atoms with van der Waals surface area (Å²) in [5.74, 6) is -2.57. The van der Waals surface area contributed by atoms with Gasteiger partial charge >= 0.3 is 12.1 Å². The van der Waals surface area contributed by atoms with Crippen LogP contribution >= 0.6 is 23.2 Å². The third-order valence-corrected chi connectivity index (χ3v) is 4.05. The molecule has 0 spiro atoms. The molecular formula is C16H9Cl2F4N3O3. The van der Waals surface area contributed by atoms with Crippen LogP contribution in [0.1, 0.15) is 10.4 Å². The van der Waals surface area contributed by atoms with Crippen molar-refractivity contribution in [2.24, 2.45) is 0 Å². The number of imidazole rings is 1. The molecule has 0 aliphatic heterocycles. The molecule has 0 aliphatic carbocycles. The lowest BCUT2D eigenvalue weighted by Gasteiger charge is -2.11. The summed E-state index contributed by atoms with van der Waals surface area (Å²) < 4.78 is 55.0. The predicted molar refractivity (Wildman–Crippen MR) is 94.3 cm³/mol. The Morgan fingerprint density at radius 3 is 2.43 bits per heavy atom. The number of nitrogens with one attached hydrogen (secondary N) is 2. The first-order valence-corrected chi connectivity index (χ1v) is 8.17. The van der Waals surface area contributed by atoms with Crippen molar-refractivity contribution in [1.82, 2.24) is 9.97 Å². The average molecular weight is 438 g/mol. The molecule has 2 aromatic carbocycles. The van der Waals surface area contributed by atoms with Crippen LogP contribution in [0, 0.1) is 5.82 Å². The largest absolute Gasteiger partial charge is 0.483 e. The first kappa shape index (κ1) is 20.0. The average Bonchev–Trinajstić information content (AvgIpc) is 2.96. The number of hydrogen-bond acceptors (Lipinski definition) is 4. The van der Waals surface area contributed by atoms with Crippen LogP contribution in [0.5, 0.6) is 5.75 Å². The van der Waals surface area contributed by atoms with E-state index in [2.05, 4.69) is 20.0 Å². The molecule has 0 saturated heterocycles. The second-order valence-corrected chi connectivity index (χ2v) is 6.34. The van der Waals surface area contributed by atoms with Crippen LogP contribution in [-0.4, -0.2) is 33.8 Å².